The number of fused-ring (bicyclic) bond motifs is 8. The van der Waals surface area contributed by atoms with Crippen LogP contribution in [0.5, 0.6) is 0 Å². The molecule has 0 saturated heterocycles. The number of benzene rings is 8. The standard InChI is InChI=1S/C48H30N4/c1-2-14-32(15-3-1)35-22-13-24-41-46(35)47(39-23-12-17-31-16-4-5-18-34(31)39)50-48(49-41)52-44-27-11-8-21-38(44)40-30-33(28-29-45(40)52)51-42-25-9-6-19-36(42)37-20-7-10-26-43(37)51/h1-30H. The highest BCUT2D eigenvalue weighted by atomic mass is 15.2. The van der Waals surface area contributed by atoms with Gasteiger partial charge < -0.3 is 4.57 Å². The van der Waals surface area contributed by atoms with Crippen LogP contribution in [0.25, 0.3) is 99.3 Å². The van der Waals surface area contributed by atoms with Crippen LogP contribution in [0.3, 0.4) is 0 Å². The second kappa shape index (κ2) is 11.2. The fourth-order valence-corrected chi connectivity index (χ4v) is 8.27. The molecular formula is C48H30N4. The molecule has 0 aliphatic carbocycles. The van der Waals surface area contributed by atoms with Crippen molar-refractivity contribution in [1.82, 2.24) is 19.1 Å². The van der Waals surface area contributed by atoms with E-state index in [4.69, 9.17) is 9.97 Å². The third-order valence-corrected chi connectivity index (χ3v) is 10.5. The molecule has 3 aromatic heterocycles. The maximum atomic E-state index is 5.55. The van der Waals surface area contributed by atoms with Gasteiger partial charge in [-0.3, -0.25) is 4.57 Å². The van der Waals surface area contributed by atoms with Crippen molar-refractivity contribution in [3.05, 3.63) is 182 Å². The van der Waals surface area contributed by atoms with Gasteiger partial charge in [0.05, 0.1) is 33.3 Å². The maximum Gasteiger partial charge on any atom is 0.235 e. The molecule has 4 nitrogen and oxygen atoms in total. The second-order valence-electron chi connectivity index (χ2n) is 13.4. The summed E-state index contributed by atoms with van der Waals surface area (Å²) < 4.78 is 4.62. The number of para-hydroxylation sites is 3. The van der Waals surface area contributed by atoms with Gasteiger partial charge in [-0.15, -0.1) is 0 Å². The Bertz CT molecular complexity index is 3130. The van der Waals surface area contributed by atoms with Gasteiger partial charge in [0, 0.05) is 38.2 Å². The summed E-state index contributed by atoms with van der Waals surface area (Å²) in [6.07, 6.45) is 0. The van der Waals surface area contributed by atoms with Crippen LogP contribution in [-0.4, -0.2) is 19.1 Å². The Morgan fingerprint density at radius 2 is 0.923 bits per heavy atom. The van der Waals surface area contributed by atoms with Crippen LogP contribution in [-0.2, 0) is 0 Å². The molecule has 0 radical (unpaired) electrons. The zero-order valence-corrected chi connectivity index (χ0v) is 28.1. The Balaban J connectivity index is 1.22. The Kier molecular flexibility index (Phi) is 6.22. The van der Waals surface area contributed by atoms with Crippen molar-refractivity contribution in [2.45, 2.75) is 0 Å². The fourth-order valence-electron chi connectivity index (χ4n) is 8.27. The van der Waals surface area contributed by atoms with E-state index in [1.807, 2.05) is 0 Å². The van der Waals surface area contributed by atoms with Crippen molar-refractivity contribution in [2.24, 2.45) is 0 Å². The highest BCUT2D eigenvalue weighted by Gasteiger charge is 2.21. The van der Waals surface area contributed by atoms with Gasteiger partial charge in [-0.1, -0.05) is 140 Å². The van der Waals surface area contributed by atoms with Crippen LogP contribution in [0.2, 0.25) is 0 Å². The van der Waals surface area contributed by atoms with Crippen LogP contribution in [0, 0.1) is 0 Å². The Hall–Kier alpha value is -7.04. The summed E-state index contributed by atoms with van der Waals surface area (Å²) >= 11 is 0. The van der Waals surface area contributed by atoms with E-state index in [1.165, 1.54) is 27.2 Å². The first-order valence-electron chi connectivity index (χ1n) is 17.7. The quantitative estimate of drug-likeness (QED) is 0.188. The molecule has 11 aromatic rings. The predicted molar refractivity (Wildman–Crippen MR) is 217 cm³/mol. The normalized spacial score (nSPS) is 11.8. The lowest BCUT2D eigenvalue weighted by Crippen LogP contribution is -2.04. The Morgan fingerprint density at radius 1 is 0.365 bits per heavy atom. The van der Waals surface area contributed by atoms with Crippen LogP contribution in [0.15, 0.2) is 182 Å². The second-order valence-corrected chi connectivity index (χ2v) is 13.4. The zero-order valence-electron chi connectivity index (χ0n) is 28.1. The molecule has 0 N–H and O–H groups in total. The molecule has 8 aromatic carbocycles. The lowest BCUT2D eigenvalue weighted by Gasteiger charge is -2.16. The van der Waals surface area contributed by atoms with Gasteiger partial charge in [0.2, 0.25) is 5.95 Å². The molecular weight excluding hydrogens is 633 g/mol. The molecule has 0 bridgehead atoms. The molecule has 11 rings (SSSR count). The van der Waals surface area contributed by atoms with Crippen molar-refractivity contribution >= 4 is 65.3 Å². The first kappa shape index (κ1) is 28.8. The molecule has 0 spiro atoms. The minimum absolute atomic E-state index is 0.649. The summed E-state index contributed by atoms with van der Waals surface area (Å²) in [7, 11) is 0. The third kappa shape index (κ3) is 4.21. The van der Waals surface area contributed by atoms with E-state index in [9.17, 15) is 0 Å². The van der Waals surface area contributed by atoms with E-state index >= 15 is 0 Å². The molecule has 0 aliphatic heterocycles. The topological polar surface area (TPSA) is 35.6 Å². The lowest BCUT2D eigenvalue weighted by atomic mass is 9.94. The van der Waals surface area contributed by atoms with E-state index < -0.39 is 0 Å². The van der Waals surface area contributed by atoms with Gasteiger partial charge in [0.1, 0.15) is 0 Å². The monoisotopic (exact) mass is 662 g/mol. The van der Waals surface area contributed by atoms with Crippen molar-refractivity contribution in [3.63, 3.8) is 0 Å². The van der Waals surface area contributed by atoms with Crippen LogP contribution >= 0.6 is 0 Å². The molecule has 52 heavy (non-hydrogen) atoms. The highest BCUT2D eigenvalue weighted by molar-refractivity contribution is 6.13. The van der Waals surface area contributed by atoms with Crippen LogP contribution in [0.1, 0.15) is 0 Å². The van der Waals surface area contributed by atoms with Gasteiger partial charge in [-0.25, -0.2) is 9.97 Å². The average Bonchev–Trinajstić information content (AvgIpc) is 3.73. The lowest BCUT2D eigenvalue weighted by molar-refractivity contribution is 1.01. The minimum Gasteiger partial charge on any atom is -0.309 e. The molecule has 4 heteroatoms. The van der Waals surface area contributed by atoms with Crippen molar-refractivity contribution in [1.29, 1.82) is 0 Å². The van der Waals surface area contributed by atoms with E-state index in [1.54, 1.807) is 0 Å². The largest absolute Gasteiger partial charge is 0.309 e. The number of rotatable bonds is 4. The summed E-state index contributed by atoms with van der Waals surface area (Å²) in [6, 6.07) is 64.8. The zero-order chi connectivity index (χ0) is 34.2. The van der Waals surface area contributed by atoms with Gasteiger partial charge in [-0.2, -0.15) is 0 Å². The summed E-state index contributed by atoms with van der Waals surface area (Å²) in [5, 5.41) is 8.21. The maximum absolute atomic E-state index is 5.55. The Labute approximate surface area is 299 Å². The average molecular weight is 663 g/mol. The number of nitrogens with zero attached hydrogens (tertiary/aromatic N) is 4. The molecule has 0 amide bonds. The van der Waals surface area contributed by atoms with E-state index in [0.717, 1.165) is 66.2 Å². The molecule has 0 aliphatic rings. The summed E-state index contributed by atoms with van der Waals surface area (Å²) in [4.78, 5) is 10.9. The molecule has 0 fully saturated rings. The fraction of sp³-hybridized carbons (Fsp3) is 0. The van der Waals surface area contributed by atoms with Crippen LogP contribution in [0.4, 0.5) is 0 Å². The SMILES string of the molecule is c1ccc(-c2cccc3nc(-n4c5ccccc5c5cc(-n6c7ccccc7c7ccccc76)ccc54)nc(-c4cccc5ccccc45)c23)cc1. The summed E-state index contributed by atoms with van der Waals surface area (Å²) in [5.41, 5.74) is 10.8. The van der Waals surface area contributed by atoms with Crippen molar-refractivity contribution < 1.29 is 0 Å². The van der Waals surface area contributed by atoms with Crippen LogP contribution < -0.4 is 0 Å². The van der Waals surface area contributed by atoms with Gasteiger partial charge in [0.25, 0.3) is 0 Å². The smallest absolute Gasteiger partial charge is 0.235 e. The summed E-state index contributed by atoms with van der Waals surface area (Å²) in [6.45, 7) is 0. The molecule has 0 saturated carbocycles. The van der Waals surface area contributed by atoms with Crippen molar-refractivity contribution in [2.75, 3.05) is 0 Å². The number of hydrogen-bond donors (Lipinski definition) is 0. The van der Waals surface area contributed by atoms with E-state index in [2.05, 4.69) is 191 Å². The first-order chi connectivity index (χ1) is 25.8. The van der Waals surface area contributed by atoms with Gasteiger partial charge in [-0.05, 0) is 64.4 Å². The first-order valence-corrected chi connectivity index (χ1v) is 17.7. The predicted octanol–water partition coefficient (Wildman–Crippen LogP) is 12.3. The molecule has 0 unspecified atom stereocenters. The molecule has 242 valence electrons. The van der Waals surface area contributed by atoms with Gasteiger partial charge >= 0.3 is 0 Å². The Morgan fingerprint density at radius 3 is 1.67 bits per heavy atom. The molecule has 3 heterocycles. The molecule has 0 atom stereocenters. The minimum atomic E-state index is 0.649. The van der Waals surface area contributed by atoms with Gasteiger partial charge in [0.15, 0.2) is 0 Å². The van der Waals surface area contributed by atoms with Crippen molar-refractivity contribution in [3.8, 4) is 34.0 Å². The summed E-state index contributed by atoms with van der Waals surface area (Å²) in [5.74, 6) is 0.649. The number of hydrogen-bond acceptors (Lipinski definition) is 2. The van der Waals surface area contributed by atoms with E-state index in [-0.39, 0.29) is 0 Å². The number of aromatic nitrogens is 4. The third-order valence-electron chi connectivity index (χ3n) is 10.5. The van der Waals surface area contributed by atoms with E-state index in [0.29, 0.717) is 5.95 Å². The highest BCUT2D eigenvalue weighted by Crippen LogP contribution is 2.40.